The second-order valence-electron chi connectivity index (χ2n) is 3.69. The molecule has 1 N–H and O–H groups in total. The highest BCUT2D eigenvalue weighted by Gasteiger charge is 2.05. The van der Waals surface area contributed by atoms with Gasteiger partial charge >= 0.3 is 0 Å². The van der Waals surface area contributed by atoms with Gasteiger partial charge in [-0.3, -0.25) is 4.79 Å². The highest BCUT2D eigenvalue weighted by molar-refractivity contribution is 14.1. The van der Waals surface area contributed by atoms with Gasteiger partial charge in [-0.1, -0.05) is 12.1 Å². The second kappa shape index (κ2) is 5.27. The van der Waals surface area contributed by atoms with Crippen LogP contribution < -0.4 is 5.36 Å². The molecule has 0 radical (unpaired) electrons. The third kappa shape index (κ3) is 3.26. The van der Waals surface area contributed by atoms with E-state index in [1.165, 1.54) is 0 Å². The summed E-state index contributed by atoms with van der Waals surface area (Å²) >= 11 is 2.21. The summed E-state index contributed by atoms with van der Waals surface area (Å²) in [4.78, 5) is 11.9. The number of pyridine rings is 1. The molecule has 0 bridgehead atoms. The molecule has 0 unspecified atom stereocenters. The standard InChI is InChI=1S/C13H11IN2O/c14-11-3-1-10(2-4-11)13(17)9-16-7-5-12(15)6-8-16/h1-8,15H,9H2. The largest absolute Gasteiger partial charge is 0.346 e. The molecular weight excluding hydrogens is 327 g/mol. The minimum Gasteiger partial charge on any atom is -0.346 e. The molecule has 0 aliphatic heterocycles. The number of nitrogens with zero attached hydrogens (tertiary/aromatic N) is 1. The molecule has 0 atom stereocenters. The van der Waals surface area contributed by atoms with Gasteiger partial charge in [-0.05, 0) is 46.9 Å². The van der Waals surface area contributed by atoms with Gasteiger partial charge in [-0.15, -0.1) is 0 Å². The fourth-order valence-electron chi connectivity index (χ4n) is 1.46. The van der Waals surface area contributed by atoms with Crippen molar-refractivity contribution >= 4 is 28.4 Å². The molecule has 0 saturated heterocycles. The Hall–Kier alpha value is -1.43. The van der Waals surface area contributed by atoms with Crippen molar-refractivity contribution < 1.29 is 4.79 Å². The van der Waals surface area contributed by atoms with Crippen molar-refractivity contribution in [1.82, 2.24) is 4.57 Å². The number of carbonyl (C=O) groups is 1. The number of nitrogens with one attached hydrogen (secondary N) is 1. The van der Waals surface area contributed by atoms with Gasteiger partial charge in [0.15, 0.2) is 5.78 Å². The lowest BCUT2D eigenvalue weighted by Crippen LogP contribution is -2.12. The minimum atomic E-state index is 0.0733. The average Bonchev–Trinajstić information content (AvgIpc) is 2.33. The monoisotopic (exact) mass is 338 g/mol. The first-order chi connectivity index (χ1) is 8.15. The highest BCUT2D eigenvalue weighted by atomic mass is 127. The van der Waals surface area contributed by atoms with Crippen LogP contribution in [0.25, 0.3) is 0 Å². The molecule has 2 aromatic rings. The highest BCUT2D eigenvalue weighted by Crippen LogP contribution is 2.08. The van der Waals surface area contributed by atoms with E-state index in [0.717, 1.165) is 3.57 Å². The molecule has 0 spiro atoms. The van der Waals surface area contributed by atoms with Crippen molar-refractivity contribution in [2.75, 3.05) is 0 Å². The maximum absolute atomic E-state index is 11.9. The van der Waals surface area contributed by atoms with Crippen molar-refractivity contribution in [3.63, 3.8) is 0 Å². The second-order valence-corrected chi connectivity index (χ2v) is 4.93. The normalized spacial score (nSPS) is 10.2. The van der Waals surface area contributed by atoms with E-state index in [2.05, 4.69) is 22.6 Å². The zero-order valence-corrected chi connectivity index (χ0v) is 11.2. The number of benzene rings is 1. The Morgan fingerprint density at radius 3 is 2.29 bits per heavy atom. The Labute approximate surface area is 113 Å². The van der Waals surface area contributed by atoms with Crippen LogP contribution >= 0.6 is 22.6 Å². The summed E-state index contributed by atoms with van der Waals surface area (Å²) in [5, 5.41) is 7.81. The van der Waals surface area contributed by atoms with E-state index in [0.29, 0.717) is 17.5 Å². The molecule has 0 saturated carbocycles. The summed E-state index contributed by atoms with van der Waals surface area (Å²) < 4.78 is 2.89. The van der Waals surface area contributed by atoms with E-state index < -0.39 is 0 Å². The molecule has 0 aliphatic carbocycles. The van der Waals surface area contributed by atoms with Gasteiger partial charge in [-0.25, -0.2) is 0 Å². The van der Waals surface area contributed by atoms with Crippen LogP contribution in [0.4, 0.5) is 0 Å². The Morgan fingerprint density at radius 2 is 1.71 bits per heavy atom. The molecule has 1 aromatic heterocycles. The van der Waals surface area contributed by atoms with Gasteiger partial charge in [0.2, 0.25) is 0 Å². The van der Waals surface area contributed by atoms with E-state index in [4.69, 9.17) is 5.41 Å². The molecule has 3 nitrogen and oxygen atoms in total. The molecule has 1 aromatic carbocycles. The first-order valence-electron chi connectivity index (χ1n) is 5.14. The third-order valence-corrected chi connectivity index (χ3v) is 3.10. The van der Waals surface area contributed by atoms with E-state index in [9.17, 15) is 4.79 Å². The quantitative estimate of drug-likeness (QED) is 0.678. The Kier molecular flexibility index (Phi) is 3.73. The van der Waals surface area contributed by atoms with E-state index in [-0.39, 0.29) is 5.78 Å². The molecule has 0 fully saturated rings. The van der Waals surface area contributed by atoms with Crippen LogP contribution in [0.3, 0.4) is 0 Å². The van der Waals surface area contributed by atoms with Crippen molar-refractivity contribution in [2.45, 2.75) is 6.54 Å². The predicted molar refractivity (Wildman–Crippen MR) is 73.8 cm³/mol. The smallest absolute Gasteiger partial charge is 0.182 e. The first-order valence-corrected chi connectivity index (χ1v) is 6.22. The molecular formula is C13H11IN2O. The van der Waals surface area contributed by atoms with Crippen LogP contribution in [0.5, 0.6) is 0 Å². The van der Waals surface area contributed by atoms with E-state index in [1.54, 1.807) is 29.1 Å². The maximum atomic E-state index is 11.9. The molecule has 0 aliphatic rings. The molecule has 1 heterocycles. The van der Waals surface area contributed by atoms with Gasteiger partial charge in [0.25, 0.3) is 0 Å². The summed E-state index contributed by atoms with van der Waals surface area (Å²) in [5.41, 5.74) is 0.716. The molecule has 0 amide bonds. The summed E-state index contributed by atoms with van der Waals surface area (Å²) in [6.07, 6.45) is 3.49. The van der Waals surface area contributed by atoms with Crippen molar-refractivity contribution in [3.05, 3.63) is 63.3 Å². The number of rotatable bonds is 3. The lowest BCUT2D eigenvalue weighted by atomic mass is 10.1. The van der Waals surface area contributed by atoms with E-state index in [1.807, 2.05) is 24.3 Å². The van der Waals surface area contributed by atoms with Crippen molar-refractivity contribution in [2.24, 2.45) is 0 Å². The number of carbonyl (C=O) groups excluding carboxylic acids is 1. The summed E-state index contributed by atoms with van der Waals surface area (Å²) in [6.45, 7) is 0.306. The zero-order valence-electron chi connectivity index (χ0n) is 9.06. The third-order valence-electron chi connectivity index (χ3n) is 2.38. The van der Waals surface area contributed by atoms with Gasteiger partial charge in [0, 0.05) is 21.5 Å². The number of halogens is 1. The molecule has 17 heavy (non-hydrogen) atoms. The topological polar surface area (TPSA) is 45.9 Å². The van der Waals surface area contributed by atoms with Gasteiger partial charge in [0.05, 0.1) is 11.9 Å². The fourth-order valence-corrected chi connectivity index (χ4v) is 1.82. The maximum Gasteiger partial charge on any atom is 0.182 e. The van der Waals surface area contributed by atoms with Crippen LogP contribution in [0.15, 0.2) is 48.8 Å². The fraction of sp³-hybridized carbons (Fsp3) is 0.0769. The molecule has 2 rings (SSSR count). The summed E-state index contributed by atoms with van der Waals surface area (Å²) in [5.74, 6) is 0.0733. The number of hydrogen-bond donors (Lipinski definition) is 1. The lowest BCUT2D eigenvalue weighted by Gasteiger charge is -2.05. The Balaban J connectivity index is 2.14. The number of ketones is 1. The minimum absolute atomic E-state index is 0.0733. The summed E-state index contributed by atoms with van der Waals surface area (Å²) in [7, 11) is 0. The van der Waals surface area contributed by atoms with E-state index >= 15 is 0 Å². The van der Waals surface area contributed by atoms with Crippen molar-refractivity contribution in [3.8, 4) is 0 Å². The summed E-state index contributed by atoms with van der Waals surface area (Å²) in [6, 6.07) is 10.9. The van der Waals surface area contributed by atoms with Crippen LogP contribution in [0.1, 0.15) is 10.4 Å². The van der Waals surface area contributed by atoms with Crippen LogP contribution in [0.2, 0.25) is 0 Å². The van der Waals surface area contributed by atoms with Crippen LogP contribution in [-0.2, 0) is 6.54 Å². The number of hydrogen-bond acceptors (Lipinski definition) is 2. The van der Waals surface area contributed by atoms with Gasteiger partial charge in [0.1, 0.15) is 0 Å². The molecule has 86 valence electrons. The predicted octanol–water partition coefficient (Wildman–Crippen LogP) is 2.46. The van der Waals surface area contributed by atoms with Crippen LogP contribution in [-0.4, -0.2) is 10.4 Å². The Morgan fingerprint density at radius 1 is 1.12 bits per heavy atom. The van der Waals surface area contributed by atoms with Crippen LogP contribution in [0, 0.1) is 8.98 Å². The average molecular weight is 338 g/mol. The molecule has 4 heteroatoms. The Bertz CT molecular complexity index is 567. The number of aromatic nitrogens is 1. The zero-order chi connectivity index (χ0) is 12.3. The SMILES string of the molecule is N=c1ccn(CC(=O)c2ccc(I)cc2)cc1. The number of Topliss-reactive ketones (excluding diaryl/α,β-unsaturated/α-hetero) is 1. The van der Waals surface area contributed by atoms with Crippen molar-refractivity contribution in [1.29, 1.82) is 5.41 Å². The van der Waals surface area contributed by atoms with Gasteiger partial charge < -0.3 is 9.98 Å². The lowest BCUT2D eigenvalue weighted by molar-refractivity contribution is 0.0972. The van der Waals surface area contributed by atoms with Gasteiger partial charge in [-0.2, -0.15) is 0 Å². The first kappa shape index (κ1) is 12.0.